The van der Waals surface area contributed by atoms with Crippen molar-refractivity contribution in [1.82, 2.24) is 5.32 Å². The molecule has 0 saturated heterocycles. The molecular weight excluding hydrogens is 319 g/mol. The Balaban J connectivity index is 2.05. The Bertz CT molecular complexity index is 559. The van der Waals surface area contributed by atoms with Crippen LogP contribution >= 0.6 is 11.3 Å². The highest BCUT2D eigenvalue weighted by molar-refractivity contribution is 7.10. The predicted molar refractivity (Wildman–Crippen MR) is 74.3 cm³/mol. The number of nitrogens with one attached hydrogen (secondary N) is 1. The molecule has 0 aromatic carbocycles. The quantitative estimate of drug-likeness (QED) is 0.854. The first-order valence-corrected chi connectivity index (χ1v) is 7.33. The number of alkyl halides is 3. The number of thiophene rings is 1. The van der Waals surface area contributed by atoms with Crippen LogP contribution in [0.15, 0.2) is 40.3 Å². The van der Waals surface area contributed by atoms with Gasteiger partial charge in [-0.1, -0.05) is 6.07 Å². The third-order valence-corrected chi connectivity index (χ3v) is 4.06. The Morgan fingerprint density at radius 1 is 1.32 bits per heavy atom. The van der Waals surface area contributed by atoms with Crippen molar-refractivity contribution >= 4 is 17.2 Å². The Hall–Kier alpha value is -1.80. The molecule has 2 aromatic heterocycles. The van der Waals surface area contributed by atoms with Gasteiger partial charge in [-0.25, -0.2) is 0 Å². The topological polar surface area (TPSA) is 62.5 Å². The highest BCUT2D eigenvalue weighted by atomic mass is 32.1. The zero-order valence-electron chi connectivity index (χ0n) is 11.4. The molecule has 2 rings (SSSR count). The number of furan rings is 1. The van der Waals surface area contributed by atoms with Gasteiger partial charge in [-0.3, -0.25) is 4.79 Å². The Morgan fingerprint density at radius 3 is 2.64 bits per heavy atom. The smallest absolute Gasteiger partial charge is 0.389 e. The number of carbonyl (C=O) groups excluding carboxylic acids is 1. The van der Waals surface area contributed by atoms with Crippen molar-refractivity contribution in [3.05, 3.63) is 46.5 Å². The van der Waals surface area contributed by atoms with Crippen molar-refractivity contribution in [3.63, 3.8) is 0 Å². The summed E-state index contributed by atoms with van der Waals surface area (Å²) in [5, 5.41) is 14.9. The minimum absolute atomic E-state index is 0.214. The van der Waals surface area contributed by atoms with E-state index >= 15 is 0 Å². The first-order valence-electron chi connectivity index (χ1n) is 6.45. The first-order chi connectivity index (χ1) is 10.3. The van der Waals surface area contributed by atoms with Gasteiger partial charge in [0.25, 0.3) is 0 Å². The molecule has 0 aliphatic rings. The zero-order chi connectivity index (χ0) is 16.2. The molecule has 0 radical (unpaired) electrons. The van der Waals surface area contributed by atoms with Crippen LogP contribution < -0.4 is 5.32 Å². The summed E-state index contributed by atoms with van der Waals surface area (Å²) in [5.41, 5.74) is -1.61. The van der Waals surface area contributed by atoms with E-state index in [0.717, 1.165) is 0 Å². The van der Waals surface area contributed by atoms with Gasteiger partial charge in [0.2, 0.25) is 5.91 Å². The third-order valence-electron chi connectivity index (χ3n) is 3.03. The van der Waals surface area contributed by atoms with Crippen molar-refractivity contribution in [1.29, 1.82) is 0 Å². The number of aliphatic hydroxyl groups is 1. The maximum atomic E-state index is 12.1. The third kappa shape index (κ3) is 4.11. The molecule has 0 bridgehead atoms. The molecular formula is C14H14F3NO3S. The summed E-state index contributed by atoms with van der Waals surface area (Å²) in [6.07, 6.45) is -4.89. The summed E-state index contributed by atoms with van der Waals surface area (Å²) in [5.74, 6) is -0.565. The highest BCUT2D eigenvalue weighted by Gasteiger charge is 2.36. The summed E-state index contributed by atoms with van der Waals surface area (Å²) in [7, 11) is 0. The molecule has 22 heavy (non-hydrogen) atoms. The van der Waals surface area contributed by atoms with Gasteiger partial charge >= 0.3 is 6.18 Å². The molecule has 0 fully saturated rings. The fraction of sp³-hybridized carbons (Fsp3) is 0.357. The minimum Gasteiger partial charge on any atom is -0.466 e. The monoisotopic (exact) mass is 333 g/mol. The largest absolute Gasteiger partial charge is 0.466 e. The summed E-state index contributed by atoms with van der Waals surface area (Å²) >= 11 is 1.26. The molecule has 1 unspecified atom stereocenters. The first kappa shape index (κ1) is 16.6. The van der Waals surface area contributed by atoms with Crippen molar-refractivity contribution in [2.24, 2.45) is 0 Å². The summed E-state index contributed by atoms with van der Waals surface area (Å²) in [6, 6.07) is 6.51. The van der Waals surface area contributed by atoms with Crippen molar-refractivity contribution < 1.29 is 27.5 Å². The number of hydrogen-bond donors (Lipinski definition) is 2. The molecule has 0 saturated carbocycles. The van der Waals surface area contributed by atoms with E-state index in [1.54, 1.807) is 29.6 Å². The summed E-state index contributed by atoms with van der Waals surface area (Å²) < 4.78 is 41.5. The molecule has 1 atom stereocenters. The van der Waals surface area contributed by atoms with Crippen molar-refractivity contribution in [2.45, 2.75) is 24.6 Å². The second-order valence-corrected chi connectivity index (χ2v) is 5.65. The highest BCUT2D eigenvalue weighted by Crippen LogP contribution is 2.32. The number of carbonyl (C=O) groups is 1. The molecule has 8 heteroatoms. The molecule has 0 aliphatic carbocycles. The maximum Gasteiger partial charge on any atom is 0.389 e. The van der Waals surface area contributed by atoms with E-state index in [9.17, 15) is 23.1 Å². The second kappa shape index (κ2) is 6.53. The van der Waals surface area contributed by atoms with Gasteiger partial charge in [0.1, 0.15) is 5.76 Å². The second-order valence-electron chi connectivity index (χ2n) is 4.71. The molecule has 120 valence electrons. The van der Waals surface area contributed by atoms with Gasteiger partial charge in [0.05, 0.1) is 19.2 Å². The standard InChI is InChI=1S/C14H14F3NO3S/c15-14(16,17)6-5-12(19)18-9-13(20,10-3-1-7-21-10)11-4-2-8-22-11/h1-4,7-8,20H,5-6,9H2,(H,18,19). The van der Waals surface area contributed by atoms with Crippen LogP contribution in [0.5, 0.6) is 0 Å². The molecule has 2 aromatic rings. The predicted octanol–water partition coefficient (Wildman–Crippen LogP) is 3.04. The molecule has 1 amide bonds. The van der Waals surface area contributed by atoms with Crippen LogP contribution in [0.25, 0.3) is 0 Å². The maximum absolute atomic E-state index is 12.1. The number of halogens is 3. The molecule has 2 N–H and O–H groups in total. The summed E-state index contributed by atoms with van der Waals surface area (Å²) in [4.78, 5) is 12.1. The van der Waals surface area contributed by atoms with Crippen molar-refractivity contribution in [3.8, 4) is 0 Å². The number of rotatable bonds is 6. The molecule has 0 spiro atoms. The molecule has 2 heterocycles. The van der Waals surface area contributed by atoms with Crippen LogP contribution in [0.4, 0.5) is 13.2 Å². The van der Waals surface area contributed by atoms with E-state index < -0.39 is 30.5 Å². The van der Waals surface area contributed by atoms with Crippen LogP contribution in [-0.4, -0.2) is 23.7 Å². The van der Waals surface area contributed by atoms with Crippen LogP contribution in [0.1, 0.15) is 23.5 Å². The van der Waals surface area contributed by atoms with Crippen molar-refractivity contribution in [2.75, 3.05) is 6.54 Å². The van der Waals surface area contributed by atoms with E-state index in [2.05, 4.69) is 5.32 Å². The lowest BCUT2D eigenvalue weighted by Crippen LogP contribution is -2.41. The Labute approximate surface area is 128 Å². The van der Waals surface area contributed by atoms with Crippen LogP contribution in [0.2, 0.25) is 0 Å². The lowest BCUT2D eigenvalue weighted by molar-refractivity contribution is -0.144. The van der Waals surface area contributed by atoms with Gasteiger partial charge in [-0.15, -0.1) is 11.3 Å². The van der Waals surface area contributed by atoms with Gasteiger partial charge in [0.15, 0.2) is 5.60 Å². The van der Waals surface area contributed by atoms with Crippen LogP contribution in [-0.2, 0) is 10.4 Å². The number of hydrogen-bond acceptors (Lipinski definition) is 4. The lowest BCUT2D eigenvalue weighted by atomic mass is 9.98. The summed E-state index contributed by atoms with van der Waals surface area (Å²) in [6.45, 7) is -0.266. The molecule has 4 nitrogen and oxygen atoms in total. The van der Waals surface area contributed by atoms with Gasteiger partial charge in [0, 0.05) is 11.3 Å². The van der Waals surface area contributed by atoms with Crippen LogP contribution in [0, 0.1) is 0 Å². The van der Waals surface area contributed by atoms with E-state index in [1.165, 1.54) is 17.6 Å². The van der Waals surface area contributed by atoms with E-state index in [-0.39, 0.29) is 12.3 Å². The Kier molecular flexibility index (Phi) is 4.92. The van der Waals surface area contributed by atoms with Gasteiger partial charge in [-0.2, -0.15) is 13.2 Å². The van der Waals surface area contributed by atoms with Crippen LogP contribution in [0.3, 0.4) is 0 Å². The minimum atomic E-state index is -4.39. The van der Waals surface area contributed by atoms with Gasteiger partial charge < -0.3 is 14.8 Å². The normalized spacial score (nSPS) is 14.5. The van der Waals surface area contributed by atoms with E-state index in [4.69, 9.17) is 4.42 Å². The average Bonchev–Trinajstić information content (AvgIpc) is 3.13. The fourth-order valence-corrected chi connectivity index (χ4v) is 2.72. The Morgan fingerprint density at radius 2 is 2.09 bits per heavy atom. The lowest BCUT2D eigenvalue weighted by Gasteiger charge is -2.25. The van der Waals surface area contributed by atoms with E-state index in [0.29, 0.717) is 4.88 Å². The SMILES string of the molecule is O=C(CCC(F)(F)F)NCC(O)(c1ccco1)c1cccs1. The number of amides is 1. The molecule has 0 aliphatic heterocycles. The zero-order valence-corrected chi connectivity index (χ0v) is 12.2. The van der Waals surface area contributed by atoms with E-state index in [1.807, 2.05) is 0 Å². The fourth-order valence-electron chi connectivity index (χ4n) is 1.89. The average molecular weight is 333 g/mol. The van der Waals surface area contributed by atoms with Gasteiger partial charge in [-0.05, 0) is 23.6 Å².